The molecular formula is C10H20N2O. The predicted octanol–water partition coefficient (Wildman–Crippen LogP) is 0.0526. The van der Waals surface area contributed by atoms with Crippen molar-refractivity contribution < 1.29 is 5.11 Å². The molecule has 76 valence electrons. The lowest BCUT2D eigenvalue weighted by Gasteiger charge is -2.37. The van der Waals surface area contributed by atoms with Gasteiger partial charge in [-0.05, 0) is 38.9 Å². The van der Waals surface area contributed by atoms with Gasteiger partial charge < -0.3 is 10.4 Å². The molecule has 2 N–H and O–H groups in total. The summed E-state index contributed by atoms with van der Waals surface area (Å²) in [5.74, 6) is 0.465. The van der Waals surface area contributed by atoms with E-state index in [1.54, 1.807) is 0 Å². The Bertz CT molecular complexity index is 155. The van der Waals surface area contributed by atoms with Gasteiger partial charge in [0.2, 0.25) is 0 Å². The molecule has 2 heterocycles. The third kappa shape index (κ3) is 2.03. The number of likely N-dealkylation sites (tertiary alicyclic amines) is 1. The van der Waals surface area contributed by atoms with Gasteiger partial charge in [0.15, 0.2) is 0 Å². The first kappa shape index (κ1) is 9.44. The maximum Gasteiger partial charge on any atom is 0.0486 e. The normalized spacial score (nSPS) is 36.7. The molecule has 0 radical (unpaired) electrons. The van der Waals surface area contributed by atoms with Crippen molar-refractivity contribution in [1.82, 2.24) is 10.2 Å². The van der Waals surface area contributed by atoms with E-state index in [1.165, 1.54) is 32.4 Å². The molecule has 0 aliphatic carbocycles. The van der Waals surface area contributed by atoms with Gasteiger partial charge in [-0.15, -0.1) is 0 Å². The number of nitrogens with one attached hydrogen (secondary N) is 1. The van der Waals surface area contributed by atoms with Crippen molar-refractivity contribution in [3.63, 3.8) is 0 Å². The standard InChI is InChI=1S/C10H20N2O/c13-8-9-7-11-4-3-10(9)12-5-1-2-6-12/h9-11,13H,1-8H2. The van der Waals surface area contributed by atoms with Gasteiger partial charge in [0, 0.05) is 25.1 Å². The quantitative estimate of drug-likeness (QED) is 0.636. The average Bonchev–Trinajstić information content (AvgIpc) is 2.70. The Morgan fingerprint density at radius 2 is 2.08 bits per heavy atom. The van der Waals surface area contributed by atoms with Crippen LogP contribution in [0.1, 0.15) is 19.3 Å². The fraction of sp³-hybridized carbons (Fsp3) is 1.00. The molecule has 2 unspecified atom stereocenters. The van der Waals surface area contributed by atoms with Crippen LogP contribution in [0.4, 0.5) is 0 Å². The van der Waals surface area contributed by atoms with Gasteiger partial charge >= 0.3 is 0 Å². The largest absolute Gasteiger partial charge is 0.396 e. The van der Waals surface area contributed by atoms with Crippen molar-refractivity contribution in [2.24, 2.45) is 5.92 Å². The van der Waals surface area contributed by atoms with E-state index in [0.717, 1.165) is 13.1 Å². The monoisotopic (exact) mass is 184 g/mol. The van der Waals surface area contributed by atoms with Crippen LogP contribution in [0.3, 0.4) is 0 Å². The van der Waals surface area contributed by atoms with Crippen molar-refractivity contribution in [3.8, 4) is 0 Å². The maximum atomic E-state index is 9.26. The summed E-state index contributed by atoms with van der Waals surface area (Å²) in [7, 11) is 0. The highest BCUT2D eigenvalue weighted by molar-refractivity contribution is 4.86. The molecule has 2 aliphatic rings. The fourth-order valence-electron chi connectivity index (χ4n) is 2.65. The molecular weight excluding hydrogens is 164 g/mol. The van der Waals surface area contributed by atoms with Gasteiger partial charge in [-0.2, -0.15) is 0 Å². The van der Waals surface area contributed by atoms with Crippen LogP contribution in [0.25, 0.3) is 0 Å². The Morgan fingerprint density at radius 1 is 1.31 bits per heavy atom. The summed E-state index contributed by atoms with van der Waals surface area (Å²) in [5, 5.41) is 12.6. The molecule has 0 aromatic heterocycles. The number of piperidine rings is 1. The van der Waals surface area contributed by atoms with Crippen LogP contribution in [0.15, 0.2) is 0 Å². The van der Waals surface area contributed by atoms with E-state index < -0.39 is 0 Å². The van der Waals surface area contributed by atoms with Crippen molar-refractivity contribution in [3.05, 3.63) is 0 Å². The van der Waals surface area contributed by atoms with Crippen molar-refractivity contribution in [2.75, 3.05) is 32.8 Å². The summed E-state index contributed by atoms with van der Waals surface area (Å²) in [6.45, 7) is 4.96. The van der Waals surface area contributed by atoms with Crippen LogP contribution in [0.2, 0.25) is 0 Å². The summed E-state index contributed by atoms with van der Waals surface area (Å²) >= 11 is 0. The molecule has 0 bridgehead atoms. The molecule has 0 saturated carbocycles. The van der Waals surface area contributed by atoms with Gasteiger partial charge in [0.05, 0.1) is 0 Å². The Labute approximate surface area is 80.1 Å². The van der Waals surface area contributed by atoms with Crippen LogP contribution in [-0.2, 0) is 0 Å². The average molecular weight is 184 g/mol. The minimum atomic E-state index is 0.341. The first-order valence-electron chi connectivity index (χ1n) is 5.47. The highest BCUT2D eigenvalue weighted by Gasteiger charge is 2.30. The van der Waals surface area contributed by atoms with E-state index in [-0.39, 0.29) is 0 Å². The molecule has 0 aromatic rings. The molecule has 0 aromatic carbocycles. The number of hydrogen-bond donors (Lipinski definition) is 2. The highest BCUT2D eigenvalue weighted by Crippen LogP contribution is 2.22. The Balaban J connectivity index is 1.93. The summed E-state index contributed by atoms with van der Waals surface area (Å²) < 4.78 is 0. The first-order valence-corrected chi connectivity index (χ1v) is 5.47. The van der Waals surface area contributed by atoms with Gasteiger partial charge in [0.25, 0.3) is 0 Å². The Kier molecular flexibility index (Phi) is 3.19. The molecule has 2 atom stereocenters. The third-order valence-electron chi connectivity index (χ3n) is 3.41. The van der Waals surface area contributed by atoms with Gasteiger partial charge in [-0.1, -0.05) is 0 Å². The third-order valence-corrected chi connectivity index (χ3v) is 3.41. The first-order chi connectivity index (χ1) is 6.42. The van der Waals surface area contributed by atoms with Crippen LogP contribution in [-0.4, -0.2) is 48.8 Å². The zero-order chi connectivity index (χ0) is 9.10. The number of aliphatic hydroxyl groups excluding tert-OH is 1. The van der Waals surface area contributed by atoms with Gasteiger partial charge in [0.1, 0.15) is 0 Å². The second kappa shape index (κ2) is 4.40. The Morgan fingerprint density at radius 3 is 2.77 bits per heavy atom. The van der Waals surface area contributed by atoms with Crippen LogP contribution < -0.4 is 5.32 Å². The predicted molar refractivity (Wildman–Crippen MR) is 52.7 cm³/mol. The zero-order valence-corrected chi connectivity index (χ0v) is 8.21. The molecule has 2 fully saturated rings. The van der Waals surface area contributed by atoms with E-state index >= 15 is 0 Å². The summed E-state index contributed by atoms with van der Waals surface area (Å²) in [5.41, 5.74) is 0. The molecule has 3 nitrogen and oxygen atoms in total. The molecule has 13 heavy (non-hydrogen) atoms. The lowest BCUT2D eigenvalue weighted by atomic mass is 9.93. The molecule has 2 aliphatic heterocycles. The van der Waals surface area contributed by atoms with Gasteiger partial charge in [-0.3, -0.25) is 4.90 Å². The SMILES string of the molecule is OCC1CNCCC1N1CCCC1. The second-order valence-corrected chi connectivity index (χ2v) is 4.25. The molecule has 3 heteroatoms. The van der Waals surface area contributed by atoms with E-state index in [4.69, 9.17) is 0 Å². The van der Waals surface area contributed by atoms with E-state index in [2.05, 4.69) is 10.2 Å². The van der Waals surface area contributed by atoms with Crippen LogP contribution >= 0.6 is 0 Å². The topological polar surface area (TPSA) is 35.5 Å². The zero-order valence-electron chi connectivity index (χ0n) is 8.21. The van der Waals surface area contributed by atoms with Gasteiger partial charge in [-0.25, -0.2) is 0 Å². The number of hydrogen-bond acceptors (Lipinski definition) is 3. The van der Waals surface area contributed by atoms with Crippen molar-refractivity contribution >= 4 is 0 Å². The van der Waals surface area contributed by atoms with E-state index in [1.807, 2.05) is 0 Å². The minimum absolute atomic E-state index is 0.341. The van der Waals surface area contributed by atoms with E-state index in [0.29, 0.717) is 18.6 Å². The number of rotatable bonds is 2. The lowest BCUT2D eigenvalue weighted by Crippen LogP contribution is -2.50. The number of aliphatic hydroxyl groups is 1. The van der Waals surface area contributed by atoms with Crippen LogP contribution in [0, 0.1) is 5.92 Å². The van der Waals surface area contributed by atoms with Crippen molar-refractivity contribution in [1.29, 1.82) is 0 Å². The number of nitrogens with zero attached hydrogens (tertiary/aromatic N) is 1. The Hall–Kier alpha value is -0.120. The lowest BCUT2D eigenvalue weighted by molar-refractivity contribution is 0.0903. The van der Waals surface area contributed by atoms with Crippen LogP contribution in [0.5, 0.6) is 0 Å². The minimum Gasteiger partial charge on any atom is -0.396 e. The summed E-state index contributed by atoms with van der Waals surface area (Å²) in [6, 6.07) is 0.647. The van der Waals surface area contributed by atoms with E-state index in [9.17, 15) is 5.11 Å². The smallest absolute Gasteiger partial charge is 0.0486 e. The maximum absolute atomic E-state index is 9.26. The summed E-state index contributed by atoms with van der Waals surface area (Å²) in [4.78, 5) is 2.57. The molecule has 0 amide bonds. The summed E-state index contributed by atoms with van der Waals surface area (Å²) in [6.07, 6.45) is 3.91. The van der Waals surface area contributed by atoms with Crippen molar-refractivity contribution in [2.45, 2.75) is 25.3 Å². The fourth-order valence-corrected chi connectivity index (χ4v) is 2.65. The molecule has 0 spiro atoms. The molecule has 2 rings (SSSR count). The highest BCUT2D eigenvalue weighted by atomic mass is 16.3. The molecule has 2 saturated heterocycles. The second-order valence-electron chi connectivity index (χ2n) is 4.25.